The van der Waals surface area contributed by atoms with Crippen LogP contribution in [0.3, 0.4) is 0 Å². The van der Waals surface area contributed by atoms with Gasteiger partial charge in [0.1, 0.15) is 5.82 Å². The zero-order valence-corrected chi connectivity index (χ0v) is 15.7. The van der Waals surface area contributed by atoms with Gasteiger partial charge in [-0.05, 0) is 44.1 Å². The lowest BCUT2D eigenvalue weighted by Gasteiger charge is -2.23. The molecule has 0 aromatic carbocycles. The number of aryl methyl sites for hydroxylation is 1. The van der Waals surface area contributed by atoms with Gasteiger partial charge in [0.05, 0.1) is 23.7 Å². The SMILES string of the molecule is C=C1C2=CN(/C(N)=C/C=C(\N)N3CCCC3)NC2CN1c1ccc(C)nc1. The number of pyridine rings is 1. The molecule has 0 bridgehead atoms. The van der Waals surface area contributed by atoms with Crippen LogP contribution in [-0.4, -0.2) is 40.6 Å². The lowest BCUT2D eigenvalue weighted by atomic mass is 10.2. The molecule has 7 nitrogen and oxygen atoms in total. The Kier molecular flexibility index (Phi) is 4.53. The van der Waals surface area contributed by atoms with Crippen molar-refractivity contribution >= 4 is 5.69 Å². The summed E-state index contributed by atoms with van der Waals surface area (Å²) in [4.78, 5) is 8.75. The molecule has 7 heteroatoms. The third-order valence-corrected chi connectivity index (χ3v) is 5.34. The highest BCUT2D eigenvalue weighted by atomic mass is 15.6. The molecule has 0 amide bonds. The quantitative estimate of drug-likeness (QED) is 0.697. The van der Waals surface area contributed by atoms with Crippen LogP contribution in [0.1, 0.15) is 18.5 Å². The molecule has 2 fully saturated rings. The van der Waals surface area contributed by atoms with Crippen LogP contribution in [0.25, 0.3) is 0 Å². The van der Waals surface area contributed by atoms with Gasteiger partial charge in [-0.2, -0.15) is 0 Å². The van der Waals surface area contributed by atoms with E-state index < -0.39 is 0 Å². The molecule has 1 unspecified atom stereocenters. The van der Waals surface area contributed by atoms with Crippen molar-refractivity contribution in [2.24, 2.45) is 11.5 Å². The number of likely N-dealkylation sites (tertiary alicyclic amines) is 1. The van der Waals surface area contributed by atoms with E-state index in [4.69, 9.17) is 11.5 Å². The van der Waals surface area contributed by atoms with Crippen molar-refractivity contribution in [3.05, 3.63) is 71.9 Å². The lowest BCUT2D eigenvalue weighted by Crippen LogP contribution is -2.40. The molecule has 1 atom stereocenters. The number of aromatic nitrogens is 1. The van der Waals surface area contributed by atoms with E-state index in [-0.39, 0.29) is 6.04 Å². The van der Waals surface area contributed by atoms with E-state index in [9.17, 15) is 0 Å². The third kappa shape index (κ3) is 3.38. The molecule has 3 aliphatic rings. The molecule has 0 radical (unpaired) electrons. The Balaban J connectivity index is 1.46. The first-order chi connectivity index (χ1) is 13.0. The van der Waals surface area contributed by atoms with Crippen LogP contribution < -0.4 is 21.8 Å². The van der Waals surface area contributed by atoms with Crippen LogP contribution in [0.5, 0.6) is 0 Å². The zero-order valence-electron chi connectivity index (χ0n) is 15.7. The van der Waals surface area contributed by atoms with E-state index in [1.165, 1.54) is 12.8 Å². The summed E-state index contributed by atoms with van der Waals surface area (Å²) in [6.45, 7) is 9.09. The summed E-state index contributed by atoms with van der Waals surface area (Å²) in [5.41, 5.74) is 20.0. The fourth-order valence-electron chi connectivity index (χ4n) is 3.73. The predicted octanol–water partition coefficient (Wildman–Crippen LogP) is 1.49. The molecule has 1 aromatic rings. The van der Waals surface area contributed by atoms with Crippen molar-refractivity contribution in [1.29, 1.82) is 0 Å². The number of fused-ring (bicyclic) bond motifs is 1. The zero-order chi connectivity index (χ0) is 19.0. The van der Waals surface area contributed by atoms with Gasteiger partial charge in [-0.1, -0.05) is 6.58 Å². The molecule has 27 heavy (non-hydrogen) atoms. The van der Waals surface area contributed by atoms with Crippen LogP contribution in [0.4, 0.5) is 5.69 Å². The summed E-state index contributed by atoms with van der Waals surface area (Å²) in [6.07, 6.45) is 10.0. The molecular formula is C20H27N7. The van der Waals surface area contributed by atoms with Gasteiger partial charge < -0.3 is 21.3 Å². The van der Waals surface area contributed by atoms with E-state index >= 15 is 0 Å². The van der Waals surface area contributed by atoms with Crippen LogP contribution in [-0.2, 0) is 0 Å². The van der Waals surface area contributed by atoms with Gasteiger partial charge in [0.25, 0.3) is 0 Å². The average Bonchev–Trinajstić information content (AvgIpc) is 3.38. The molecule has 4 rings (SSSR count). The first-order valence-electron chi connectivity index (χ1n) is 9.37. The van der Waals surface area contributed by atoms with Crippen LogP contribution in [0, 0.1) is 6.92 Å². The minimum Gasteiger partial charge on any atom is -0.385 e. The number of hydrogen-bond donors (Lipinski definition) is 3. The maximum absolute atomic E-state index is 6.25. The van der Waals surface area contributed by atoms with E-state index in [2.05, 4.69) is 32.9 Å². The van der Waals surface area contributed by atoms with Gasteiger partial charge in [0.15, 0.2) is 0 Å². The number of allylic oxidation sites excluding steroid dienone is 2. The third-order valence-electron chi connectivity index (χ3n) is 5.34. The Labute approximate surface area is 160 Å². The molecule has 5 N–H and O–H groups in total. The van der Waals surface area contributed by atoms with Crippen molar-refractivity contribution < 1.29 is 0 Å². The standard InChI is InChI=1S/C20H27N7/c1-14-5-6-16(11-23-14)26-13-18-17(15(26)2)12-27(24-18)20(22)8-7-19(21)25-9-3-4-10-25/h5-8,11-12,18,24H,2-4,9-10,13,21-22H2,1H3/b19-7+,20-8+. The highest BCUT2D eigenvalue weighted by Gasteiger charge is 2.37. The van der Waals surface area contributed by atoms with Crippen molar-refractivity contribution in [1.82, 2.24) is 20.3 Å². The molecule has 1 aromatic heterocycles. The fraction of sp³-hybridized carbons (Fsp3) is 0.350. The number of anilines is 1. The maximum Gasteiger partial charge on any atom is 0.117 e. The van der Waals surface area contributed by atoms with Crippen molar-refractivity contribution in [2.45, 2.75) is 25.8 Å². The number of rotatable bonds is 4. The summed E-state index contributed by atoms with van der Waals surface area (Å²) >= 11 is 0. The van der Waals surface area contributed by atoms with Gasteiger partial charge in [0, 0.05) is 42.8 Å². The van der Waals surface area contributed by atoms with E-state index in [1.54, 1.807) is 0 Å². The van der Waals surface area contributed by atoms with E-state index in [0.29, 0.717) is 5.82 Å². The molecule has 0 saturated carbocycles. The second-order valence-electron chi connectivity index (χ2n) is 7.23. The summed E-state index contributed by atoms with van der Waals surface area (Å²) in [5, 5.41) is 1.85. The first kappa shape index (κ1) is 17.5. The Hall–Kier alpha value is -2.93. The molecule has 0 spiro atoms. The second-order valence-corrected chi connectivity index (χ2v) is 7.23. The molecule has 4 heterocycles. The highest BCUT2D eigenvalue weighted by molar-refractivity contribution is 5.61. The Morgan fingerprint density at radius 3 is 2.63 bits per heavy atom. The largest absolute Gasteiger partial charge is 0.385 e. The average molecular weight is 365 g/mol. The summed E-state index contributed by atoms with van der Waals surface area (Å²) in [5.74, 6) is 1.38. The number of nitrogens with zero attached hydrogens (tertiary/aromatic N) is 4. The van der Waals surface area contributed by atoms with Crippen LogP contribution >= 0.6 is 0 Å². The van der Waals surface area contributed by atoms with Crippen LogP contribution in [0.15, 0.2) is 66.2 Å². The highest BCUT2D eigenvalue weighted by Crippen LogP contribution is 2.34. The number of hydrogen-bond acceptors (Lipinski definition) is 7. The molecule has 0 aliphatic carbocycles. The van der Waals surface area contributed by atoms with Crippen LogP contribution in [0.2, 0.25) is 0 Å². The Morgan fingerprint density at radius 2 is 1.96 bits per heavy atom. The Bertz CT molecular complexity index is 815. The number of nitrogens with two attached hydrogens (primary N) is 2. The number of nitrogens with one attached hydrogen (secondary N) is 1. The molecule has 142 valence electrons. The number of hydrazine groups is 1. The first-order valence-corrected chi connectivity index (χ1v) is 9.37. The van der Waals surface area contributed by atoms with Gasteiger partial charge in [-0.3, -0.25) is 9.99 Å². The second kappa shape index (κ2) is 7.00. The fourth-order valence-corrected chi connectivity index (χ4v) is 3.73. The molecule has 3 aliphatic heterocycles. The smallest absolute Gasteiger partial charge is 0.117 e. The van der Waals surface area contributed by atoms with Gasteiger partial charge >= 0.3 is 0 Å². The topological polar surface area (TPSA) is 86.7 Å². The lowest BCUT2D eigenvalue weighted by molar-refractivity contribution is 0.339. The maximum atomic E-state index is 6.25. The summed E-state index contributed by atoms with van der Waals surface area (Å²) < 4.78 is 0. The molecular weight excluding hydrogens is 338 g/mol. The Morgan fingerprint density at radius 1 is 1.22 bits per heavy atom. The van der Waals surface area contributed by atoms with Crippen molar-refractivity contribution in [3.63, 3.8) is 0 Å². The molecule has 2 saturated heterocycles. The monoisotopic (exact) mass is 365 g/mol. The summed E-state index contributed by atoms with van der Waals surface area (Å²) in [7, 11) is 0. The van der Waals surface area contributed by atoms with Gasteiger partial charge in [0.2, 0.25) is 0 Å². The predicted molar refractivity (Wildman–Crippen MR) is 108 cm³/mol. The normalized spacial score (nSPS) is 23.3. The minimum absolute atomic E-state index is 0.158. The summed E-state index contributed by atoms with van der Waals surface area (Å²) in [6, 6.07) is 4.25. The van der Waals surface area contributed by atoms with Crippen molar-refractivity contribution in [2.75, 3.05) is 24.5 Å². The van der Waals surface area contributed by atoms with Gasteiger partial charge in [-0.25, -0.2) is 5.43 Å². The van der Waals surface area contributed by atoms with E-state index in [1.807, 2.05) is 42.5 Å². The minimum atomic E-state index is 0.158. The van der Waals surface area contributed by atoms with Crippen molar-refractivity contribution in [3.8, 4) is 0 Å². The van der Waals surface area contributed by atoms with E-state index in [0.717, 1.165) is 48.1 Å². The van der Waals surface area contributed by atoms with Gasteiger partial charge in [-0.15, -0.1) is 0 Å².